The number of carbonyl (C=O) groups excluding carboxylic acids is 2. The number of hydrogen-bond acceptors (Lipinski definition) is 4. The predicted molar refractivity (Wildman–Crippen MR) is 93.1 cm³/mol. The van der Waals surface area contributed by atoms with Gasteiger partial charge in [0.2, 0.25) is 5.91 Å². The van der Waals surface area contributed by atoms with Crippen LogP contribution < -0.4 is 10.6 Å². The summed E-state index contributed by atoms with van der Waals surface area (Å²) in [6.45, 7) is 1.57. The van der Waals surface area contributed by atoms with E-state index in [0.29, 0.717) is 5.56 Å². The topological polar surface area (TPSA) is 101 Å². The van der Waals surface area contributed by atoms with Crippen LogP contribution in [0.2, 0.25) is 0 Å². The molecule has 142 valence electrons. The Morgan fingerprint density at radius 2 is 1.81 bits per heavy atom. The molecule has 0 spiro atoms. The lowest BCUT2D eigenvalue weighted by Gasteiger charge is -2.14. The van der Waals surface area contributed by atoms with Crippen LogP contribution >= 0.6 is 0 Å². The van der Waals surface area contributed by atoms with Crippen molar-refractivity contribution in [3.05, 3.63) is 75.3 Å². The third-order valence-corrected chi connectivity index (χ3v) is 3.70. The number of nitro benzene ring substituents is 1. The molecule has 0 aliphatic heterocycles. The van der Waals surface area contributed by atoms with Crippen LogP contribution in [-0.2, 0) is 11.2 Å². The summed E-state index contributed by atoms with van der Waals surface area (Å²) in [5.41, 5.74) is 0.210. The Morgan fingerprint density at radius 3 is 2.44 bits per heavy atom. The number of non-ortho nitro benzene ring substituents is 1. The van der Waals surface area contributed by atoms with Crippen LogP contribution in [0.15, 0.2) is 42.5 Å². The summed E-state index contributed by atoms with van der Waals surface area (Å²) in [5, 5.41) is 15.7. The van der Waals surface area contributed by atoms with E-state index in [1.165, 1.54) is 37.3 Å². The maximum absolute atomic E-state index is 13.1. The van der Waals surface area contributed by atoms with Crippen LogP contribution in [0.1, 0.15) is 22.8 Å². The SMILES string of the molecule is CC(NC(=O)c1cccc([N+](=O)[O-])c1)C(=O)NCCc1cc(F)cc(F)c1. The van der Waals surface area contributed by atoms with Gasteiger partial charge in [-0.25, -0.2) is 8.78 Å². The van der Waals surface area contributed by atoms with Crippen LogP contribution in [0.3, 0.4) is 0 Å². The molecule has 0 aliphatic rings. The zero-order chi connectivity index (χ0) is 20.0. The Balaban J connectivity index is 1.86. The first-order chi connectivity index (χ1) is 12.8. The van der Waals surface area contributed by atoms with E-state index in [1.54, 1.807) is 0 Å². The van der Waals surface area contributed by atoms with E-state index in [-0.39, 0.29) is 24.2 Å². The molecule has 2 aromatic rings. The van der Waals surface area contributed by atoms with Gasteiger partial charge in [-0.2, -0.15) is 0 Å². The highest BCUT2D eigenvalue weighted by Gasteiger charge is 2.18. The molecule has 9 heteroatoms. The Hall–Kier alpha value is -3.36. The summed E-state index contributed by atoms with van der Waals surface area (Å²) in [7, 11) is 0. The Bertz CT molecular complexity index is 853. The van der Waals surface area contributed by atoms with Crippen LogP contribution in [0.25, 0.3) is 0 Å². The van der Waals surface area contributed by atoms with E-state index >= 15 is 0 Å². The zero-order valence-corrected chi connectivity index (χ0v) is 14.4. The second-order valence-corrected chi connectivity index (χ2v) is 5.82. The van der Waals surface area contributed by atoms with Crippen molar-refractivity contribution in [1.29, 1.82) is 0 Å². The number of amides is 2. The lowest BCUT2D eigenvalue weighted by atomic mass is 10.1. The highest BCUT2D eigenvalue weighted by Crippen LogP contribution is 2.13. The molecule has 2 rings (SSSR count). The average Bonchev–Trinajstić information content (AvgIpc) is 2.60. The van der Waals surface area contributed by atoms with Gasteiger partial charge >= 0.3 is 0 Å². The van der Waals surface area contributed by atoms with Crippen molar-refractivity contribution in [3.63, 3.8) is 0 Å². The summed E-state index contributed by atoms with van der Waals surface area (Å²) in [4.78, 5) is 34.3. The smallest absolute Gasteiger partial charge is 0.270 e. The monoisotopic (exact) mass is 377 g/mol. The highest BCUT2D eigenvalue weighted by atomic mass is 19.1. The molecule has 0 radical (unpaired) electrons. The molecule has 0 heterocycles. The maximum Gasteiger partial charge on any atom is 0.270 e. The summed E-state index contributed by atoms with van der Waals surface area (Å²) in [6.07, 6.45) is 0.214. The molecule has 7 nitrogen and oxygen atoms in total. The third-order valence-electron chi connectivity index (χ3n) is 3.70. The molecule has 0 bridgehead atoms. The number of carbonyl (C=O) groups is 2. The normalized spacial score (nSPS) is 11.5. The molecule has 2 aromatic carbocycles. The lowest BCUT2D eigenvalue weighted by molar-refractivity contribution is -0.384. The molecule has 1 unspecified atom stereocenters. The van der Waals surface area contributed by atoms with Gasteiger partial charge in [-0.05, 0) is 37.1 Å². The van der Waals surface area contributed by atoms with Crippen molar-refractivity contribution in [2.45, 2.75) is 19.4 Å². The minimum absolute atomic E-state index is 0.0547. The molecule has 0 aliphatic carbocycles. The maximum atomic E-state index is 13.1. The molecule has 0 aromatic heterocycles. The van der Waals surface area contributed by atoms with E-state index in [4.69, 9.17) is 0 Å². The van der Waals surface area contributed by atoms with Crippen molar-refractivity contribution in [2.24, 2.45) is 0 Å². The third kappa shape index (κ3) is 5.84. The summed E-state index contributed by atoms with van der Waals surface area (Å²) >= 11 is 0. The van der Waals surface area contributed by atoms with E-state index in [9.17, 15) is 28.5 Å². The summed E-state index contributed by atoms with van der Waals surface area (Å²) in [6, 6.07) is 7.32. The minimum atomic E-state index is -0.902. The average molecular weight is 377 g/mol. The summed E-state index contributed by atoms with van der Waals surface area (Å²) < 4.78 is 26.2. The Kier molecular flexibility index (Phi) is 6.53. The first-order valence-corrected chi connectivity index (χ1v) is 8.04. The van der Waals surface area contributed by atoms with Gasteiger partial charge in [0.15, 0.2) is 0 Å². The fraction of sp³-hybridized carbons (Fsp3) is 0.222. The Morgan fingerprint density at radius 1 is 1.15 bits per heavy atom. The molecule has 0 saturated carbocycles. The fourth-order valence-corrected chi connectivity index (χ4v) is 2.34. The summed E-state index contributed by atoms with van der Waals surface area (Å²) in [5.74, 6) is -2.53. The van der Waals surface area contributed by atoms with Gasteiger partial charge in [0, 0.05) is 30.3 Å². The number of benzene rings is 2. The first kappa shape index (κ1) is 20.0. The van der Waals surface area contributed by atoms with Crippen molar-refractivity contribution in [1.82, 2.24) is 10.6 Å². The number of halogens is 2. The second kappa shape index (κ2) is 8.84. The van der Waals surface area contributed by atoms with Crippen LogP contribution in [0.5, 0.6) is 0 Å². The van der Waals surface area contributed by atoms with Crippen molar-refractivity contribution in [2.75, 3.05) is 6.54 Å². The van der Waals surface area contributed by atoms with E-state index in [1.807, 2.05) is 0 Å². The quantitative estimate of drug-likeness (QED) is 0.571. The van der Waals surface area contributed by atoms with Crippen molar-refractivity contribution < 1.29 is 23.3 Å². The van der Waals surface area contributed by atoms with E-state index < -0.39 is 34.4 Å². The largest absolute Gasteiger partial charge is 0.354 e. The molecule has 0 fully saturated rings. The number of nitro groups is 1. The first-order valence-electron chi connectivity index (χ1n) is 8.04. The zero-order valence-electron chi connectivity index (χ0n) is 14.4. The number of hydrogen-bond donors (Lipinski definition) is 2. The van der Waals surface area contributed by atoms with Gasteiger partial charge in [-0.15, -0.1) is 0 Å². The van der Waals surface area contributed by atoms with Gasteiger partial charge in [0.25, 0.3) is 11.6 Å². The molecule has 1 atom stereocenters. The van der Waals surface area contributed by atoms with E-state index in [2.05, 4.69) is 10.6 Å². The number of rotatable bonds is 7. The van der Waals surface area contributed by atoms with Gasteiger partial charge in [-0.3, -0.25) is 19.7 Å². The minimum Gasteiger partial charge on any atom is -0.354 e. The molecular formula is C18H17F2N3O4. The van der Waals surface area contributed by atoms with Crippen molar-refractivity contribution >= 4 is 17.5 Å². The number of nitrogens with zero attached hydrogens (tertiary/aromatic N) is 1. The van der Waals surface area contributed by atoms with Gasteiger partial charge in [0.05, 0.1) is 4.92 Å². The van der Waals surface area contributed by atoms with Gasteiger partial charge in [0.1, 0.15) is 17.7 Å². The molecule has 27 heavy (non-hydrogen) atoms. The van der Waals surface area contributed by atoms with E-state index in [0.717, 1.165) is 12.1 Å². The number of nitrogens with one attached hydrogen (secondary N) is 2. The van der Waals surface area contributed by atoms with Crippen LogP contribution in [0.4, 0.5) is 14.5 Å². The lowest BCUT2D eigenvalue weighted by Crippen LogP contribution is -2.45. The van der Waals surface area contributed by atoms with Gasteiger partial charge in [-0.1, -0.05) is 6.07 Å². The predicted octanol–water partition coefficient (Wildman–Crippen LogP) is 2.35. The van der Waals surface area contributed by atoms with Crippen LogP contribution in [-0.4, -0.2) is 29.3 Å². The second-order valence-electron chi connectivity index (χ2n) is 5.82. The molecule has 2 N–H and O–H groups in total. The molecular weight excluding hydrogens is 360 g/mol. The molecule has 2 amide bonds. The Labute approximate surface area is 153 Å². The highest BCUT2D eigenvalue weighted by molar-refractivity contribution is 5.97. The molecule has 0 saturated heterocycles. The van der Waals surface area contributed by atoms with Gasteiger partial charge < -0.3 is 10.6 Å². The standard InChI is InChI=1S/C18H17F2N3O4/c1-11(22-18(25)13-3-2-4-16(9-13)23(26)27)17(24)21-6-5-12-7-14(19)10-15(20)8-12/h2-4,7-11H,5-6H2,1H3,(H,21,24)(H,22,25). The fourth-order valence-electron chi connectivity index (χ4n) is 2.34. The van der Waals surface area contributed by atoms with Crippen molar-refractivity contribution in [3.8, 4) is 0 Å². The van der Waals surface area contributed by atoms with Crippen LogP contribution in [0, 0.1) is 21.7 Å².